The van der Waals surface area contributed by atoms with Gasteiger partial charge in [0.15, 0.2) is 5.90 Å². The molecule has 0 saturated carbocycles. The summed E-state index contributed by atoms with van der Waals surface area (Å²) in [5, 5.41) is 0. The summed E-state index contributed by atoms with van der Waals surface area (Å²) >= 11 is 0. The first-order chi connectivity index (χ1) is 4.43. The molecule has 0 aromatic heterocycles. The highest BCUT2D eigenvalue weighted by Crippen LogP contribution is 2.02. The molecule has 0 aromatic carbocycles. The van der Waals surface area contributed by atoms with Crippen molar-refractivity contribution in [1.29, 1.82) is 0 Å². The maximum absolute atomic E-state index is 5.20. The van der Waals surface area contributed by atoms with Crippen LogP contribution in [0.4, 0.5) is 0 Å². The van der Waals surface area contributed by atoms with E-state index in [2.05, 4.69) is 11.9 Å². The van der Waals surface area contributed by atoms with Crippen LogP contribution in [0.2, 0.25) is 0 Å². The zero-order valence-corrected chi connectivity index (χ0v) is 5.89. The molecule has 0 atom stereocenters. The van der Waals surface area contributed by atoms with E-state index in [0.29, 0.717) is 0 Å². The van der Waals surface area contributed by atoms with E-state index in [-0.39, 0.29) is 0 Å². The third kappa shape index (κ3) is 2.04. The van der Waals surface area contributed by atoms with E-state index in [1.807, 2.05) is 0 Å². The van der Waals surface area contributed by atoms with Gasteiger partial charge in [-0.3, -0.25) is 4.99 Å². The lowest BCUT2D eigenvalue weighted by molar-refractivity contribution is 0.337. The second kappa shape index (κ2) is 3.49. The fourth-order valence-electron chi connectivity index (χ4n) is 0.859. The first-order valence-electron chi connectivity index (χ1n) is 3.59. The zero-order chi connectivity index (χ0) is 6.53. The predicted molar refractivity (Wildman–Crippen MR) is 37.8 cm³/mol. The fourth-order valence-corrected chi connectivity index (χ4v) is 0.859. The molecule has 1 rings (SSSR count). The highest BCUT2D eigenvalue weighted by Gasteiger charge is 2.04. The Kier molecular flexibility index (Phi) is 2.55. The van der Waals surface area contributed by atoms with E-state index in [1.165, 1.54) is 12.8 Å². The molecule has 9 heavy (non-hydrogen) atoms. The van der Waals surface area contributed by atoms with E-state index < -0.39 is 0 Å². The van der Waals surface area contributed by atoms with Gasteiger partial charge >= 0.3 is 0 Å². The summed E-state index contributed by atoms with van der Waals surface area (Å²) in [6.45, 7) is 3.85. The molecule has 0 fully saturated rings. The molecule has 0 unspecified atom stereocenters. The number of ether oxygens (including phenoxy) is 1. The van der Waals surface area contributed by atoms with Crippen LogP contribution in [-0.4, -0.2) is 19.0 Å². The quantitative estimate of drug-likeness (QED) is 0.564. The molecule has 1 heterocycles. The van der Waals surface area contributed by atoms with Gasteiger partial charge in [-0.15, -0.1) is 0 Å². The van der Waals surface area contributed by atoms with Gasteiger partial charge in [0.05, 0.1) is 6.54 Å². The lowest BCUT2D eigenvalue weighted by Crippen LogP contribution is -1.97. The van der Waals surface area contributed by atoms with Crippen LogP contribution >= 0.6 is 0 Å². The van der Waals surface area contributed by atoms with Crippen LogP contribution in [0.25, 0.3) is 0 Å². The topological polar surface area (TPSA) is 21.6 Å². The van der Waals surface area contributed by atoms with Gasteiger partial charge in [-0.05, 0) is 6.42 Å². The Bertz CT molecular complexity index is 109. The molecular formula is C7H13NO. The van der Waals surface area contributed by atoms with Crippen LogP contribution in [0.1, 0.15) is 26.2 Å². The largest absolute Gasteiger partial charge is 0.479 e. The molecule has 1 aliphatic heterocycles. The van der Waals surface area contributed by atoms with Gasteiger partial charge in [0.2, 0.25) is 0 Å². The number of hydrogen-bond donors (Lipinski definition) is 0. The minimum absolute atomic E-state index is 0.805. The van der Waals surface area contributed by atoms with Crippen molar-refractivity contribution in [1.82, 2.24) is 0 Å². The third-order valence-corrected chi connectivity index (χ3v) is 1.39. The average Bonchev–Trinajstić information content (AvgIpc) is 2.34. The van der Waals surface area contributed by atoms with Gasteiger partial charge in [-0.1, -0.05) is 13.3 Å². The number of hydrogen-bond acceptors (Lipinski definition) is 2. The second-order valence-corrected chi connectivity index (χ2v) is 2.23. The summed E-state index contributed by atoms with van der Waals surface area (Å²) in [5.41, 5.74) is 0. The summed E-state index contributed by atoms with van der Waals surface area (Å²) in [5.74, 6) is 0.969. The van der Waals surface area contributed by atoms with Crippen LogP contribution in [0.5, 0.6) is 0 Å². The average molecular weight is 127 g/mol. The molecule has 1 aliphatic rings. The standard InChI is InChI=1S/C7H13NO/c1-2-3-4-7-8-5-6-9-7/h2-6H2,1H3. The van der Waals surface area contributed by atoms with E-state index in [9.17, 15) is 0 Å². The maximum Gasteiger partial charge on any atom is 0.183 e. The van der Waals surface area contributed by atoms with Crippen molar-refractivity contribution >= 4 is 5.90 Å². The fraction of sp³-hybridized carbons (Fsp3) is 0.857. The summed E-state index contributed by atoms with van der Waals surface area (Å²) in [6.07, 6.45) is 3.47. The van der Waals surface area contributed by atoms with E-state index in [0.717, 1.165) is 25.5 Å². The number of unbranched alkanes of at least 4 members (excludes halogenated alkanes) is 1. The highest BCUT2D eigenvalue weighted by atomic mass is 16.5. The third-order valence-electron chi connectivity index (χ3n) is 1.39. The van der Waals surface area contributed by atoms with Gasteiger partial charge in [0.25, 0.3) is 0 Å². The van der Waals surface area contributed by atoms with Gasteiger partial charge in [-0.2, -0.15) is 0 Å². The Balaban J connectivity index is 2.11. The van der Waals surface area contributed by atoms with Gasteiger partial charge < -0.3 is 4.74 Å². The molecule has 0 radical (unpaired) electrons. The summed E-state index contributed by atoms with van der Waals surface area (Å²) in [4.78, 5) is 4.17. The molecule has 52 valence electrons. The summed E-state index contributed by atoms with van der Waals surface area (Å²) in [7, 11) is 0. The van der Waals surface area contributed by atoms with Crippen molar-refractivity contribution in [3.05, 3.63) is 0 Å². The van der Waals surface area contributed by atoms with Crippen LogP contribution in [0, 0.1) is 0 Å². The summed E-state index contributed by atoms with van der Waals surface area (Å²) < 4.78 is 5.20. The smallest absolute Gasteiger partial charge is 0.183 e. The number of aliphatic imine (C=N–C) groups is 1. The van der Waals surface area contributed by atoms with Crippen molar-refractivity contribution in [3.8, 4) is 0 Å². The maximum atomic E-state index is 5.20. The van der Waals surface area contributed by atoms with Crippen molar-refractivity contribution in [2.24, 2.45) is 4.99 Å². The Hall–Kier alpha value is -0.530. The van der Waals surface area contributed by atoms with E-state index in [1.54, 1.807) is 0 Å². The van der Waals surface area contributed by atoms with E-state index in [4.69, 9.17) is 4.74 Å². The minimum atomic E-state index is 0.805. The van der Waals surface area contributed by atoms with Crippen LogP contribution in [0.3, 0.4) is 0 Å². The monoisotopic (exact) mass is 127 g/mol. The van der Waals surface area contributed by atoms with Gasteiger partial charge in [-0.25, -0.2) is 0 Å². The van der Waals surface area contributed by atoms with E-state index >= 15 is 0 Å². The normalized spacial score (nSPS) is 17.2. The molecule has 0 N–H and O–H groups in total. The lowest BCUT2D eigenvalue weighted by Gasteiger charge is -1.97. The molecule has 0 aromatic rings. The SMILES string of the molecule is CCCCC1=NCCO1. The van der Waals surface area contributed by atoms with Crippen LogP contribution in [-0.2, 0) is 4.74 Å². The molecule has 0 aliphatic carbocycles. The second-order valence-electron chi connectivity index (χ2n) is 2.23. The minimum Gasteiger partial charge on any atom is -0.479 e. The van der Waals surface area contributed by atoms with Crippen molar-refractivity contribution in [2.75, 3.05) is 13.2 Å². The van der Waals surface area contributed by atoms with Gasteiger partial charge in [0, 0.05) is 6.42 Å². The lowest BCUT2D eigenvalue weighted by atomic mass is 10.2. The molecular weight excluding hydrogens is 114 g/mol. The molecule has 2 heteroatoms. The highest BCUT2D eigenvalue weighted by molar-refractivity contribution is 5.77. The first-order valence-corrected chi connectivity index (χ1v) is 3.59. The molecule has 0 spiro atoms. The Morgan fingerprint density at radius 3 is 3.11 bits per heavy atom. The Labute approximate surface area is 55.9 Å². The molecule has 0 saturated heterocycles. The summed E-state index contributed by atoms with van der Waals surface area (Å²) in [6, 6.07) is 0. The molecule has 0 bridgehead atoms. The first kappa shape index (κ1) is 6.59. The van der Waals surface area contributed by atoms with Crippen molar-refractivity contribution < 1.29 is 4.74 Å². The number of nitrogens with zero attached hydrogens (tertiary/aromatic N) is 1. The molecule has 2 nitrogen and oxygen atoms in total. The zero-order valence-electron chi connectivity index (χ0n) is 5.89. The Morgan fingerprint density at radius 1 is 1.67 bits per heavy atom. The molecule has 0 amide bonds. The number of rotatable bonds is 3. The van der Waals surface area contributed by atoms with Crippen LogP contribution < -0.4 is 0 Å². The van der Waals surface area contributed by atoms with Gasteiger partial charge in [0.1, 0.15) is 6.61 Å². The van der Waals surface area contributed by atoms with Crippen LogP contribution in [0.15, 0.2) is 4.99 Å². The predicted octanol–water partition coefficient (Wildman–Crippen LogP) is 1.61. The van der Waals surface area contributed by atoms with Crippen molar-refractivity contribution in [2.45, 2.75) is 26.2 Å². The van der Waals surface area contributed by atoms with Crippen molar-refractivity contribution in [3.63, 3.8) is 0 Å². The Morgan fingerprint density at radius 2 is 2.56 bits per heavy atom.